The Morgan fingerprint density at radius 2 is 1.72 bits per heavy atom. The molecule has 0 bridgehead atoms. The van der Waals surface area contributed by atoms with E-state index in [2.05, 4.69) is 0 Å². The van der Waals surface area contributed by atoms with Crippen LogP contribution in [-0.4, -0.2) is 54.0 Å². The molecule has 2 aliphatic rings. The fraction of sp³-hybridized carbons (Fsp3) is 0.368. The number of halogens is 1. The van der Waals surface area contributed by atoms with Crippen LogP contribution >= 0.6 is 0 Å². The summed E-state index contributed by atoms with van der Waals surface area (Å²) in [5.41, 5.74) is 1.51. The first-order valence-electron chi connectivity index (χ1n) is 9.23. The lowest BCUT2D eigenvalue weighted by Crippen LogP contribution is -2.40. The monoisotopic (exact) mass is 440 g/mol. The molecule has 0 amide bonds. The average molecular weight is 441 g/mol. The first kappa shape index (κ1) is 20.3. The highest BCUT2D eigenvalue weighted by Crippen LogP contribution is 2.34. The van der Waals surface area contributed by atoms with Crippen LogP contribution in [0.25, 0.3) is 0 Å². The molecular formula is C19H21FN2O5S2. The summed E-state index contributed by atoms with van der Waals surface area (Å²) < 4.78 is 72.7. The molecule has 0 N–H and O–H groups in total. The van der Waals surface area contributed by atoms with E-state index in [9.17, 15) is 21.2 Å². The Morgan fingerprint density at radius 1 is 0.966 bits per heavy atom. The topological polar surface area (TPSA) is 84.0 Å². The second-order valence-corrected chi connectivity index (χ2v) is 10.8. The number of sulfonamides is 2. The van der Waals surface area contributed by atoms with Crippen LogP contribution in [0.5, 0.6) is 0 Å². The van der Waals surface area contributed by atoms with Gasteiger partial charge in [-0.05, 0) is 47.9 Å². The van der Waals surface area contributed by atoms with Gasteiger partial charge >= 0.3 is 0 Å². The lowest BCUT2D eigenvalue weighted by Gasteiger charge is -2.26. The molecule has 2 aromatic carbocycles. The Kier molecular flexibility index (Phi) is 5.36. The molecular weight excluding hydrogens is 419 g/mol. The van der Waals surface area contributed by atoms with Crippen LogP contribution in [0.3, 0.4) is 0 Å². The van der Waals surface area contributed by atoms with E-state index in [0.717, 1.165) is 0 Å². The normalized spacial score (nSPS) is 18.0. The minimum Gasteiger partial charge on any atom is -0.379 e. The second kappa shape index (κ2) is 7.67. The fourth-order valence-corrected chi connectivity index (χ4v) is 6.71. The molecule has 156 valence electrons. The molecule has 0 aromatic heterocycles. The molecule has 0 saturated carbocycles. The van der Waals surface area contributed by atoms with Crippen LogP contribution in [0.4, 0.5) is 10.1 Å². The molecule has 0 atom stereocenters. The molecule has 1 saturated heterocycles. The van der Waals surface area contributed by atoms with Gasteiger partial charge in [0.2, 0.25) is 20.0 Å². The minimum absolute atomic E-state index is 0.155. The van der Waals surface area contributed by atoms with Crippen LogP contribution in [-0.2, 0) is 37.0 Å². The molecule has 2 aromatic rings. The van der Waals surface area contributed by atoms with Gasteiger partial charge in [0.1, 0.15) is 5.82 Å². The van der Waals surface area contributed by atoms with E-state index in [-0.39, 0.29) is 17.2 Å². The summed E-state index contributed by atoms with van der Waals surface area (Å²) >= 11 is 0. The third-order valence-corrected chi connectivity index (χ3v) is 8.73. The van der Waals surface area contributed by atoms with E-state index >= 15 is 0 Å². The summed E-state index contributed by atoms with van der Waals surface area (Å²) in [7, 11) is -7.37. The Balaban J connectivity index is 1.59. The van der Waals surface area contributed by atoms with Gasteiger partial charge in [0.15, 0.2) is 0 Å². The smallest absolute Gasteiger partial charge is 0.243 e. The van der Waals surface area contributed by atoms with Crippen molar-refractivity contribution >= 4 is 25.7 Å². The Labute approximate surface area is 169 Å². The van der Waals surface area contributed by atoms with Gasteiger partial charge in [0.25, 0.3) is 0 Å². The van der Waals surface area contributed by atoms with Crippen molar-refractivity contribution in [1.29, 1.82) is 0 Å². The van der Waals surface area contributed by atoms with Gasteiger partial charge in [-0.1, -0.05) is 12.1 Å². The summed E-state index contributed by atoms with van der Waals surface area (Å²) in [6.45, 7) is 1.54. The second-order valence-electron chi connectivity index (χ2n) is 7.02. The molecule has 4 rings (SSSR count). The number of hydrogen-bond acceptors (Lipinski definition) is 5. The molecule has 2 aliphatic heterocycles. The van der Waals surface area contributed by atoms with Crippen molar-refractivity contribution in [2.45, 2.75) is 17.1 Å². The summed E-state index contributed by atoms with van der Waals surface area (Å²) in [5.74, 6) is -0.810. The van der Waals surface area contributed by atoms with Crippen LogP contribution < -0.4 is 4.31 Å². The van der Waals surface area contributed by atoms with E-state index in [0.29, 0.717) is 49.5 Å². The molecule has 0 aliphatic carbocycles. The minimum atomic E-state index is -3.72. The van der Waals surface area contributed by atoms with E-state index in [1.807, 2.05) is 0 Å². The first-order valence-corrected chi connectivity index (χ1v) is 12.3. The van der Waals surface area contributed by atoms with Crippen molar-refractivity contribution in [2.24, 2.45) is 0 Å². The highest BCUT2D eigenvalue weighted by Gasteiger charge is 2.32. The van der Waals surface area contributed by atoms with Crippen LogP contribution in [0.1, 0.15) is 11.1 Å². The highest BCUT2D eigenvalue weighted by atomic mass is 32.2. The van der Waals surface area contributed by atoms with Gasteiger partial charge in [0, 0.05) is 19.6 Å². The molecule has 1 fully saturated rings. The van der Waals surface area contributed by atoms with Crippen LogP contribution in [0, 0.1) is 5.82 Å². The maximum atomic E-state index is 13.4. The maximum Gasteiger partial charge on any atom is 0.243 e. The van der Waals surface area contributed by atoms with E-state index in [1.165, 1.54) is 32.9 Å². The fourth-order valence-electron chi connectivity index (χ4n) is 3.65. The Hall–Kier alpha value is -2.01. The number of morpholine rings is 1. The molecule has 0 unspecified atom stereocenters. The first-order chi connectivity index (χ1) is 13.8. The number of benzene rings is 2. The standard InChI is InChI=1S/C19H21FN2O5S2/c20-17-3-1-2-15(12-17)14-28(23,24)22-7-6-16-13-18(4-5-19(16)22)29(25,26)21-8-10-27-11-9-21/h1-5,12-13H,6-11,14H2. The van der Waals surface area contributed by atoms with Gasteiger partial charge < -0.3 is 4.74 Å². The molecule has 7 nitrogen and oxygen atoms in total. The van der Waals surface area contributed by atoms with Gasteiger partial charge in [-0.2, -0.15) is 4.31 Å². The largest absolute Gasteiger partial charge is 0.379 e. The number of ether oxygens (including phenoxy) is 1. The predicted octanol–water partition coefficient (Wildman–Crippen LogP) is 1.74. The van der Waals surface area contributed by atoms with Gasteiger partial charge in [0.05, 0.1) is 29.5 Å². The SMILES string of the molecule is O=S(=O)(Cc1cccc(F)c1)N1CCc2cc(S(=O)(=O)N3CCOCC3)ccc21. The molecule has 0 spiro atoms. The van der Waals surface area contributed by atoms with Crippen molar-refractivity contribution in [3.05, 3.63) is 59.4 Å². The summed E-state index contributed by atoms with van der Waals surface area (Å²) in [6.07, 6.45) is 0.421. The zero-order chi connectivity index (χ0) is 20.6. The van der Waals surface area contributed by atoms with E-state index < -0.39 is 25.9 Å². The number of fused-ring (bicyclic) bond motifs is 1. The predicted molar refractivity (Wildman–Crippen MR) is 106 cm³/mol. The zero-order valence-corrected chi connectivity index (χ0v) is 17.3. The zero-order valence-electron chi connectivity index (χ0n) is 15.6. The van der Waals surface area contributed by atoms with E-state index in [1.54, 1.807) is 18.2 Å². The Bertz CT molecular complexity index is 1130. The number of nitrogens with zero attached hydrogens (tertiary/aromatic N) is 2. The molecule has 10 heteroatoms. The van der Waals surface area contributed by atoms with Gasteiger partial charge in [-0.25, -0.2) is 21.2 Å². The third-order valence-electron chi connectivity index (χ3n) is 5.09. The van der Waals surface area contributed by atoms with Gasteiger partial charge in [-0.15, -0.1) is 0 Å². The number of rotatable bonds is 5. The van der Waals surface area contributed by atoms with Crippen molar-refractivity contribution in [3.63, 3.8) is 0 Å². The quantitative estimate of drug-likeness (QED) is 0.707. The van der Waals surface area contributed by atoms with Crippen LogP contribution in [0.2, 0.25) is 0 Å². The maximum absolute atomic E-state index is 13.4. The van der Waals surface area contributed by atoms with Crippen LogP contribution in [0.15, 0.2) is 47.4 Å². The van der Waals surface area contributed by atoms with Crippen molar-refractivity contribution in [2.75, 3.05) is 37.2 Å². The third kappa shape index (κ3) is 4.02. The molecule has 2 heterocycles. The number of anilines is 1. The lowest BCUT2D eigenvalue weighted by atomic mass is 10.2. The van der Waals surface area contributed by atoms with E-state index in [4.69, 9.17) is 4.74 Å². The molecule has 29 heavy (non-hydrogen) atoms. The average Bonchev–Trinajstić information content (AvgIpc) is 3.12. The lowest BCUT2D eigenvalue weighted by molar-refractivity contribution is 0.0730. The summed E-state index contributed by atoms with van der Waals surface area (Å²) in [5, 5.41) is 0. The Morgan fingerprint density at radius 3 is 2.45 bits per heavy atom. The van der Waals surface area contributed by atoms with Gasteiger partial charge in [-0.3, -0.25) is 4.31 Å². The molecule has 0 radical (unpaired) electrons. The van der Waals surface area contributed by atoms with Crippen molar-refractivity contribution < 1.29 is 26.0 Å². The summed E-state index contributed by atoms with van der Waals surface area (Å²) in [4.78, 5) is 0.155. The van der Waals surface area contributed by atoms with Crippen molar-refractivity contribution in [1.82, 2.24) is 4.31 Å². The summed E-state index contributed by atoms with van der Waals surface area (Å²) in [6, 6.07) is 10.0. The van der Waals surface area contributed by atoms with Crippen molar-refractivity contribution in [3.8, 4) is 0 Å². The highest BCUT2D eigenvalue weighted by molar-refractivity contribution is 7.92. The number of hydrogen-bond donors (Lipinski definition) is 0.